The van der Waals surface area contributed by atoms with Crippen LogP contribution in [0.15, 0.2) is 6.07 Å². The molecule has 0 aliphatic carbocycles. The molecule has 1 fully saturated rings. The lowest BCUT2D eigenvalue weighted by Crippen LogP contribution is -2.43. The summed E-state index contributed by atoms with van der Waals surface area (Å²) < 4.78 is 6.00. The summed E-state index contributed by atoms with van der Waals surface area (Å²) in [6.45, 7) is 7.24. The average Bonchev–Trinajstić information content (AvgIpc) is 2.46. The fourth-order valence-corrected chi connectivity index (χ4v) is 2.85. The third-order valence-corrected chi connectivity index (χ3v) is 4.24. The fraction of sp³-hybridized carbons (Fsp3) is 0.733. The van der Waals surface area contributed by atoms with Crippen LogP contribution in [0.2, 0.25) is 0 Å². The quantitative estimate of drug-likeness (QED) is 0.866. The highest BCUT2D eigenvalue weighted by Gasteiger charge is 2.34. The summed E-state index contributed by atoms with van der Waals surface area (Å²) >= 11 is 0. The van der Waals surface area contributed by atoms with Crippen LogP contribution in [0.5, 0.6) is 0 Å². The number of nitrogens with zero attached hydrogens (tertiary/aromatic N) is 2. The van der Waals surface area contributed by atoms with Gasteiger partial charge in [-0.05, 0) is 25.7 Å². The van der Waals surface area contributed by atoms with Gasteiger partial charge in [0.1, 0.15) is 17.5 Å². The van der Waals surface area contributed by atoms with Crippen molar-refractivity contribution in [2.75, 3.05) is 17.7 Å². The molecule has 0 spiro atoms. The van der Waals surface area contributed by atoms with Crippen LogP contribution in [0.4, 0.5) is 11.6 Å². The summed E-state index contributed by atoms with van der Waals surface area (Å²) in [7, 11) is 0. The molecule has 112 valence electrons. The second kappa shape index (κ2) is 6.39. The molecule has 1 aromatic heterocycles. The van der Waals surface area contributed by atoms with Crippen molar-refractivity contribution in [1.29, 1.82) is 0 Å². The Kier molecular flexibility index (Phi) is 4.81. The number of aryl methyl sites for hydroxylation is 1. The van der Waals surface area contributed by atoms with E-state index in [1.165, 1.54) is 0 Å². The van der Waals surface area contributed by atoms with Gasteiger partial charge in [0.15, 0.2) is 0 Å². The number of nitrogen functional groups attached to an aromatic ring is 1. The minimum Gasteiger partial charge on any atom is -0.384 e. The number of nitrogens with one attached hydrogen (secondary N) is 1. The van der Waals surface area contributed by atoms with Crippen LogP contribution in [0.3, 0.4) is 0 Å². The minimum atomic E-state index is 0.0160. The molecule has 5 heteroatoms. The molecule has 1 unspecified atom stereocenters. The molecule has 1 aliphatic rings. The van der Waals surface area contributed by atoms with E-state index >= 15 is 0 Å². The Bertz CT molecular complexity index is 445. The van der Waals surface area contributed by atoms with Crippen molar-refractivity contribution < 1.29 is 4.74 Å². The van der Waals surface area contributed by atoms with E-state index in [9.17, 15) is 0 Å². The second-order valence-electron chi connectivity index (χ2n) is 5.52. The summed E-state index contributed by atoms with van der Waals surface area (Å²) in [5, 5.41) is 3.51. The van der Waals surface area contributed by atoms with Crippen LogP contribution in [0.1, 0.15) is 52.3 Å². The minimum absolute atomic E-state index is 0.0160. The molecule has 1 saturated heterocycles. The zero-order chi connectivity index (χ0) is 14.6. The molecule has 2 rings (SSSR count). The highest BCUT2D eigenvalue weighted by atomic mass is 16.5. The molecule has 0 radical (unpaired) electrons. The third kappa shape index (κ3) is 3.39. The van der Waals surface area contributed by atoms with Crippen LogP contribution < -0.4 is 11.1 Å². The van der Waals surface area contributed by atoms with Gasteiger partial charge >= 0.3 is 0 Å². The number of aromatic nitrogens is 2. The Morgan fingerprint density at radius 3 is 2.75 bits per heavy atom. The predicted octanol–water partition coefficient (Wildman–Crippen LogP) is 2.77. The SMILES string of the molecule is CCc1nc(N)cc(NC2CCOC(CC)(CC)C2)n1. The van der Waals surface area contributed by atoms with Crippen molar-refractivity contribution in [3.63, 3.8) is 0 Å². The van der Waals surface area contributed by atoms with Gasteiger partial charge in [0.2, 0.25) is 0 Å². The lowest BCUT2D eigenvalue weighted by Gasteiger charge is -2.40. The van der Waals surface area contributed by atoms with Crippen LogP contribution in [-0.2, 0) is 11.2 Å². The van der Waals surface area contributed by atoms with Crippen molar-refractivity contribution in [2.45, 2.75) is 64.5 Å². The summed E-state index contributed by atoms with van der Waals surface area (Å²) in [5.74, 6) is 2.16. The summed E-state index contributed by atoms with van der Waals surface area (Å²) in [4.78, 5) is 8.71. The molecular weight excluding hydrogens is 252 g/mol. The standard InChI is InChI=1S/C15H26N4O/c1-4-13-18-12(16)9-14(19-13)17-11-7-8-20-15(5-2,6-3)10-11/h9,11H,4-8,10H2,1-3H3,(H3,16,17,18,19). The topological polar surface area (TPSA) is 73.1 Å². The van der Waals surface area contributed by atoms with Crippen LogP contribution in [0.25, 0.3) is 0 Å². The highest BCUT2D eigenvalue weighted by Crippen LogP contribution is 2.32. The van der Waals surface area contributed by atoms with Crippen LogP contribution in [-0.4, -0.2) is 28.2 Å². The number of hydrogen-bond acceptors (Lipinski definition) is 5. The van der Waals surface area contributed by atoms with E-state index in [-0.39, 0.29) is 5.60 Å². The highest BCUT2D eigenvalue weighted by molar-refractivity contribution is 5.45. The Morgan fingerprint density at radius 2 is 2.10 bits per heavy atom. The van der Waals surface area contributed by atoms with Gasteiger partial charge in [-0.25, -0.2) is 9.97 Å². The van der Waals surface area contributed by atoms with E-state index < -0.39 is 0 Å². The van der Waals surface area contributed by atoms with Gasteiger partial charge in [-0.3, -0.25) is 0 Å². The van der Waals surface area contributed by atoms with Gasteiger partial charge in [-0.1, -0.05) is 20.8 Å². The van der Waals surface area contributed by atoms with Crippen molar-refractivity contribution in [3.8, 4) is 0 Å². The lowest BCUT2D eigenvalue weighted by molar-refractivity contribution is -0.0864. The average molecular weight is 278 g/mol. The zero-order valence-corrected chi connectivity index (χ0v) is 12.8. The Balaban J connectivity index is 2.08. The molecule has 0 saturated carbocycles. The van der Waals surface area contributed by atoms with E-state index in [1.54, 1.807) is 0 Å². The first-order chi connectivity index (χ1) is 9.60. The van der Waals surface area contributed by atoms with E-state index in [0.29, 0.717) is 11.9 Å². The summed E-state index contributed by atoms with van der Waals surface area (Å²) in [6.07, 6.45) is 4.92. The van der Waals surface area contributed by atoms with Crippen LogP contribution in [0, 0.1) is 0 Å². The Hall–Kier alpha value is -1.36. The number of nitrogens with two attached hydrogens (primary N) is 1. The van der Waals surface area contributed by atoms with E-state index in [2.05, 4.69) is 29.1 Å². The molecule has 1 aliphatic heterocycles. The molecule has 5 nitrogen and oxygen atoms in total. The van der Waals surface area contributed by atoms with Crippen molar-refractivity contribution in [2.24, 2.45) is 0 Å². The van der Waals surface area contributed by atoms with Gasteiger partial charge < -0.3 is 15.8 Å². The maximum absolute atomic E-state index is 6.00. The van der Waals surface area contributed by atoms with E-state index in [0.717, 1.165) is 50.4 Å². The van der Waals surface area contributed by atoms with E-state index in [4.69, 9.17) is 10.5 Å². The molecule has 1 aromatic rings. The monoisotopic (exact) mass is 278 g/mol. The molecule has 20 heavy (non-hydrogen) atoms. The number of hydrogen-bond donors (Lipinski definition) is 2. The van der Waals surface area contributed by atoms with Gasteiger partial charge in [-0.15, -0.1) is 0 Å². The number of rotatable bonds is 5. The van der Waals surface area contributed by atoms with Crippen LogP contribution >= 0.6 is 0 Å². The first-order valence-corrected chi connectivity index (χ1v) is 7.64. The first kappa shape index (κ1) is 15.0. The largest absolute Gasteiger partial charge is 0.384 e. The maximum atomic E-state index is 6.00. The molecular formula is C15H26N4O. The smallest absolute Gasteiger partial charge is 0.132 e. The van der Waals surface area contributed by atoms with Gasteiger partial charge in [-0.2, -0.15) is 0 Å². The molecule has 0 amide bonds. The second-order valence-corrected chi connectivity index (χ2v) is 5.52. The van der Waals surface area contributed by atoms with Crippen molar-refractivity contribution in [1.82, 2.24) is 9.97 Å². The molecule has 0 bridgehead atoms. The van der Waals surface area contributed by atoms with Crippen molar-refractivity contribution in [3.05, 3.63) is 11.9 Å². The summed E-state index contributed by atoms with van der Waals surface area (Å²) in [5.41, 5.74) is 5.85. The molecule has 3 N–H and O–H groups in total. The summed E-state index contributed by atoms with van der Waals surface area (Å²) in [6, 6.07) is 2.21. The third-order valence-electron chi connectivity index (χ3n) is 4.24. The van der Waals surface area contributed by atoms with Gasteiger partial charge in [0.25, 0.3) is 0 Å². The Morgan fingerprint density at radius 1 is 1.35 bits per heavy atom. The first-order valence-electron chi connectivity index (χ1n) is 7.64. The maximum Gasteiger partial charge on any atom is 0.132 e. The Labute approximate surface area is 121 Å². The van der Waals surface area contributed by atoms with Crippen molar-refractivity contribution >= 4 is 11.6 Å². The predicted molar refractivity (Wildman–Crippen MR) is 81.7 cm³/mol. The lowest BCUT2D eigenvalue weighted by atomic mass is 9.86. The number of anilines is 2. The number of ether oxygens (including phenoxy) is 1. The molecule has 0 aromatic carbocycles. The molecule has 1 atom stereocenters. The van der Waals surface area contributed by atoms with E-state index in [1.807, 2.05) is 13.0 Å². The fourth-order valence-electron chi connectivity index (χ4n) is 2.85. The van der Waals surface area contributed by atoms with Gasteiger partial charge in [0, 0.05) is 25.1 Å². The normalized spacial score (nSPS) is 21.6. The zero-order valence-electron chi connectivity index (χ0n) is 12.8. The van der Waals surface area contributed by atoms with Gasteiger partial charge in [0.05, 0.1) is 5.60 Å². The molecule has 2 heterocycles.